The molecule has 2 N–H and O–H groups in total. The first-order chi connectivity index (χ1) is 14.6. The van der Waals surface area contributed by atoms with Crippen molar-refractivity contribution >= 4 is 29.9 Å². The summed E-state index contributed by atoms with van der Waals surface area (Å²) >= 11 is 0. The predicted molar refractivity (Wildman–Crippen MR) is 131 cm³/mol. The molecule has 0 unspecified atom stereocenters. The van der Waals surface area contributed by atoms with Crippen molar-refractivity contribution < 1.29 is 8.91 Å². The lowest BCUT2D eigenvalue weighted by Gasteiger charge is -2.11. The molecule has 0 aliphatic rings. The van der Waals surface area contributed by atoms with Crippen molar-refractivity contribution in [2.75, 3.05) is 13.1 Å². The molecule has 3 rings (SSSR count). The zero-order valence-corrected chi connectivity index (χ0v) is 20.5. The molecule has 2 heterocycles. The van der Waals surface area contributed by atoms with Gasteiger partial charge in [0, 0.05) is 37.7 Å². The summed E-state index contributed by atoms with van der Waals surface area (Å²) in [5.41, 5.74) is 3.83. The average molecular weight is 540 g/mol. The van der Waals surface area contributed by atoms with Gasteiger partial charge in [-0.1, -0.05) is 19.0 Å². The maximum atomic E-state index is 13.1. The minimum Gasteiger partial charge on any atom is -0.361 e. The van der Waals surface area contributed by atoms with Gasteiger partial charge in [-0.25, -0.2) is 14.1 Å². The van der Waals surface area contributed by atoms with Crippen LogP contribution in [0, 0.1) is 5.82 Å². The molecule has 0 atom stereocenters. The number of halogens is 2. The van der Waals surface area contributed by atoms with Crippen molar-refractivity contribution in [1.82, 2.24) is 25.6 Å². The molecule has 0 fully saturated rings. The third-order valence-electron chi connectivity index (χ3n) is 4.76. The predicted octanol–water partition coefficient (Wildman–Crippen LogP) is 4.04. The van der Waals surface area contributed by atoms with Crippen LogP contribution in [-0.2, 0) is 25.8 Å². The number of benzene rings is 1. The lowest BCUT2D eigenvalue weighted by Crippen LogP contribution is -2.38. The van der Waals surface area contributed by atoms with Crippen LogP contribution in [0.25, 0.3) is 5.69 Å². The van der Waals surface area contributed by atoms with Crippen molar-refractivity contribution in [3.63, 3.8) is 0 Å². The van der Waals surface area contributed by atoms with E-state index in [1.165, 1.54) is 12.1 Å². The lowest BCUT2D eigenvalue weighted by molar-refractivity contribution is 0.380. The Balaban J connectivity index is 0.00000341. The number of hydrogen-bond acceptors (Lipinski definition) is 4. The number of guanidine groups is 1. The zero-order valence-electron chi connectivity index (χ0n) is 18.2. The molecular weight excluding hydrogens is 510 g/mol. The number of aryl methyl sites for hydroxylation is 2. The normalized spacial score (nSPS) is 11.3. The highest BCUT2D eigenvalue weighted by Crippen LogP contribution is 2.16. The second-order valence-corrected chi connectivity index (χ2v) is 6.84. The van der Waals surface area contributed by atoms with Gasteiger partial charge >= 0.3 is 0 Å². The smallest absolute Gasteiger partial charge is 0.191 e. The van der Waals surface area contributed by atoms with Gasteiger partial charge in [0.25, 0.3) is 0 Å². The molecule has 3 aromatic rings. The summed E-state index contributed by atoms with van der Waals surface area (Å²) < 4.78 is 20.3. The van der Waals surface area contributed by atoms with Crippen LogP contribution in [0.15, 0.2) is 46.0 Å². The quantitative estimate of drug-likeness (QED) is 0.243. The molecule has 0 radical (unpaired) electrons. The highest BCUT2D eigenvalue weighted by Gasteiger charge is 2.13. The van der Waals surface area contributed by atoms with Crippen molar-refractivity contribution in [3.8, 4) is 5.69 Å². The minimum atomic E-state index is -0.256. The molecule has 168 valence electrons. The molecular formula is C22H30FIN6O. The number of rotatable bonds is 9. The number of aromatic nitrogens is 3. The van der Waals surface area contributed by atoms with Crippen LogP contribution in [0.5, 0.6) is 0 Å². The van der Waals surface area contributed by atoms with Gasteiger partial charge < -0.3 is 15.2 Å². The first kappa shape index (κ1) is 24.8. The van der Waals surface area contributed by atoms with E-state index in [1.807, 2.05) is 19.2 Å². The lowest BCUT2D eigenvalue weighted by atomic mass is 10.1. The standard InChI is InChI=1S/C22H29FN6O.HI/c1-4-20-19(21(5-2)30-28-20)15-26-22(24-6-3)25-13-11-17-12-14-29(27-17)18-9-7-16(23)8-10-18;/h7-10,12,14H,4-6,11,13,15H2,1-3H3,(H2,24,25,26);1H. The summed E-state index contributed by atoms with van der Waals surface area (Å²) in [5, 5.41) is 15.3. The van der Waals surface area contributed by atoms with Crippen LogP contribution >= 0.6 is 24.0 Å². The molecule has 31 heavy (non-hydrogen) atoms. The van der Waals surface area contributed by atoms with E-state index in [4.69, 9.17) is 9.52 Å². The SMILES string of the molecule is CCNC(=NCc1c(CC)noc1CC)NCCc1ccn(-c2ccc(F)cc2)n1.I. The summed E-state index contributed by atoms with van der Waals surface area (Å²) in [4.78, 5) is 4.70. The molecule has 7 nitrogen and oxygen atoms in total. The van der Waals surface area contributed by atoms with E-state index in [9.17, 15) is 4.39 Å². The van der Waals surface area contributed by atoms with Crippen LogP contribution in [0.1, 0.15) is 43.5 Å². The van der Waals surface area contributed by atoms with Crippen LogP contribution in [0.3, 0.4) is 0 Å². The largest absolute Gasteiger partial charge is 0.361 e. The molecule has 0 aliphatic carbocycles. The summed E-state index contributed by atoms with van der Waals surface area (Å²) in [7, 11) is 0. The van der Waals surface area contributed by atoms with E-state index in [2.05, 4.69) is 34.7 Å². The molecule has 0 saturated carbocycles. The summed E-state index contributed by atoms with van der Waals surface area (Å²) in [6, 6.07) is 8.25. The Hall–Kier alpha value is -2.43. The van der Waals surface area contributed by atoms with E-state index in [0.717, 1.165) is 60.2 Å². The average Bonchev–Trinajstić information content (AvgIpc) is 3.39. The Bertz CT molecular complexity index is 945. The van der Waals surface area contributed by atoms with Crippen LogP contribution in [-0.4, -0.2) is 34.0 Å². The molecule has 0 spiro atoms. The fourth-order valence-electron chi connectivity index (χ4n) is 3.16. The third-order valence-corrected chi connectivity index (χ3v) is 4.76. The van der Waals surface area contributed by atoms with Crippen molar-refractivity contribution in [3.05, 3.63) is 65.1 Å². The summed E-state index contributed by atoms with van der Waals surface area (Å²) in [6.45, 7) is 8.16. The van der Waals surface area contributed by atoms with Crippen molar-refractivity contribution in [2.24, 2.45) is 4.99 Å². The first-order valence-electron chi connectivity index (χ1n) is 10.4. The second-order valence-electron chi connectivity index (χ2n) is 6.84. The monoisotopic (exact) mass is 540 g/mol. The molecule has 0 bridgehead atoms. The van der Waals surface area contributed by atoms with Gasteiger partial charge in [-0.05, 0) is 43.7 Å². The summed E-state index contributed by atoms with van der Waals surface area (Å²) in [6.07, 6.45) is 4.26. The first-order valence-corrected chi connectivity index (χ1v) is 10.4. The van der Waals surface area contributed by atoms with Gasteiger partial charge in [0.15, 0.2) is 5.96 Å². The van der Waals surface area contributed by atoms with E-state index in [-0.39, 0.29) is 29.8 Å². The number of aliphatic imine (C=N–C) groups is 1. The molecule has 0 saturated heterocycles. The van der Waals surface area contributed by atoms with Gasteiger partial charge in [-0.2, -0.15) is 5.10 Å². The zero-order chi connectivity index (χ0) is 21.3. The number of hydrogen-bond donors (Lipinski definition) is 2. The van der Waals surface area contributed by atoms with Gasteiger partial charge in [0.2, 0.25) is 0 Å². The molecule has 2 aromatic heterocycles. The number of nitrogens with zero attached hydrogens (tertiary/aromatic N) is 4. The van der Waals surface area contributed by atoms with Gasteiger partial charge in [-0.15, -0.1) is 24.0 Å². The topological polar surface area (TPSA) is 80.3 Å². The Morgan fingerprint density at radius 1 is 1.10 bits per heavy atom. The maximum absolute atomic E-state index is 13.1. The number of nitrogens with one attached hydrogen (secondary N) is 2. The highest BCUT2D eigenvalue weighted by atomic mass is 127. The molecule has 0 aliphatic heterocycles. The molecule has 1 aromatic carbocycles. The van der Waals surface area contributed by atoms with Crippen molar-refractivity contribution in [2.45, 2.75) is 46.6 Å². The van der Waals surface area contributed by atoms with Gasteiger partial charge in [0.1, 0.15) is 11.6 Å². The van der Waals surface area contributed by atoms with E-state index < -0.39 is 0 Å². The third kappa shape index (κ3) is 6.78. The Kier molecular flexibility index (Phi) is 9.96. The second kappa shape index (κ2) is 12.4. The fraction of sp³-hybridized carbons (Fsp3) is 0.409. The Morgan fingerprint density at radius 3 is 2.55 bits per heavy atom. The minimum absolute atomic E-state index is 0. The highest BCUT2D eigenvalue weighted by molar-refractivity contribution is 14.0. The van der Waals surface area contributed by atoms with Crippen LogP contribution in [0.2, 0.25) is 0 Å². The van der Waals surface area contributed by atoms with Crippen molar-refractivity contribution in [1.29, 1.82) is 0 Å². The molecule has 0 amide bonds. The fourth-order valence-corrected chi connectivity index (χ4v) is 3.16. The van der Waals surface area contributed by atoms with E-state index >= 15 is 0 Å². The van der Waals surface area contributed by atoms with Crippen LogP contribution in [0.4, 0.5) is 4.39 Å². The maximum Gasteiger partial charge on any atom is 0.191 e. The van der Waals surface area contributed by atoms with Gasteiger partial charge in [0.05, 0.1) is 23.6 Å². The summed E-state index contributed by atoms with van der Waals surface area (Å²) in [5.74, 6) is 1.40. The van der Waals surface area contributed by atoms with E-state index in [1.54, 1.807) is 16.8 Å². The van der Waals surface area contributed by atoms with Crippen LogP contribution < -0.4 is 10.6 Å². The van der Waals surface area contributed by atoms with Gasteiger partial charge in [-0.3, -0.25) is 0 Å². The molecule has 9 heteroatoms. The Labute approximate surface area is 199 Å². The Morgan fingerprint density at radius 2 is 1.87 bits per heavy atom. The van der Waals surface area contributed by atoms with E-state index in [0.29, 0.717) is 13.1 Å².